The molecule has 3 aromatic rings. The number of carbonyl (C=O) groups is 3. The van der Waals surface area contributed by atoms with E-state index in [0.717, 1.165) is 0 Å². The summed E-state index contributed by atoms with van der Waals surface area (Å²) in [6.45, 7) is 6.04. The van der Waals surface area contributed by atoms with E-state index in [-0.39, 0.29) is 35.7 Å². The highest BCUT2D eigenvalue weighted by Crippen LogP contribution is 2.43. The first kappa shape index (κ1) is 27.5. The van der Waals surface area contributed by atoms with Crippen LogP contribution in [0.4, 0.5) is 0 Å². The van der Waals surface area contributed by atoms with Crippen LogP contribution < -0.4 is 9.47 Å². The van der Waals surface area contributed by atoms with Gasteiger partial charge in [-0.2, -0.15) is 0 Å². The van der Waals surface area contributed by atoms with Gasteiger partial charge in [0.2, 0.25) is 0 Å². The normalized spacial score (nSPS) is 16.5. The molecule has 11 heteroatoms. The number of benzene rings is 1. The van der Waals surface area contributed by atoms with Crippen LogP contribution in [0.25, 0.3) is 5.76 Å². The first-order valence-corrected chi connectivity index (χ1v) is 12.6. The zero-order valence-corrected chi connectivity index (χ0v) is 22.6. The van der Waals surface area contributed by atoms with Crippen molar-refractivity contribution in [3.05, 3.63) is 70.6 Å². The number of ketones is 1. The van der Waals surface area contributed by atoms with Crippen molar-refractivity contribution in [3.63, 3.8) is 0 Å². The fourth-order valence-electron chi connectivity index (χ4n) is 4.97. The van der Waals surface area contributed by atoms with Crippen LogP contribution in [0.2, 0.25) is 0 Å². The van der Waals surface area contributed by atoms with Crippen LogP contribution in [0.5, 0.6) is 11.5 Å². The summed E-state index contributed by atoms with van der Waals surface area (Å²) in [5.41, 5.74) is 1.82. The van der Waals surface area contributed by atoms with Crippen LogP contribution in [0.15, 0.2) is 42.5 Å². The molecule has 1 atom stereocenters. The van der Waals surface area contributed by atoms with Gasteiger partial charge in [-0.15, -0.1) is 0 Å². The number of nitrogens with zero attached hydrogens (tertiary/aromatic N) is 3. The molecule has 1 aliphatic rings. The molecule has 0 aliphatic carbocycles. The number of carbonyl (C=O) groups excluding carboxylic acids is 3. The molecule has 0 saturated carbocycles. The second kappa shape index (κ2) is 11.5. The highest BCUT2D eigenvalue weighted by molar-refractivity contribution is 6.46. The number of aliphatic hydroxyl groups is 1. The topological polar surface area (TPSA) is 136 Å². The Balaban J connectivity index is 1.83. The third kappa shape index (κ3) is 5.12. The van der Waals surface area contributed by atoms with Gasteiger partial charge >= 0.3 is 5.97 Å². The number of Topliss-reactive ketones (excluding diaryl/α,β-unsaturated/α-hetero) is 1. The molecule has 2 N–H and O–H groups in total. The Morgan fingerprint density at radius 3 is 2.51 bits per heavy atom. The van der Waals surface area contributed by atoms with E-state index >= 15 is 0 Å². The summed E-state index contributed by atoms with van der Waals surface area (Å²) in [5.74, 6) is -1.58. The molecule has 39 heavy (non-hydrogen) atoms. The Bertz CT molecular complexity index is 1420. The lowest BCUT2D eigenvalue weighted by Crippen LogP contribution is -2.31. The van der Waals surface area contributed by atoms with Crippen molar-refractivity contribution >= 4 is 23.4 Å². The predicted molar refractivity (Wildman–Crippen MR) is 142 cm³/mol. The van der Waals surface area contributed by atoms with Gasteiger partial charge < -0.3 is 33.8 Å². The van der Waals surface area contributed by atoms with Crippen LogP contribution >= 0.6 is 0 Å². The van der Waals surface area contributed by atoms with Crippen molar-refractivity contribution in [2.45, 2.75) is 39.8 Å². The van der Waals surface area contributed by atoms with Gasteiger partial charge in [0.15, 0.2) is 11.5 Å². The van der Waals surface area contributed by atoms with Gasteiger partial charge in [-0.25, -0.2) is 9.78 Å². The number of ether oxygens (including phenoxy) is 3. The van der Waals surface area contributed by atoms with Crippen molar-refractivity contribution < 1.29 is 33.7 Å². The second-order valence-electron chi connectivity index (χ2n) is 9.11. The van der Waals surface area contributed by atoms with Gasteiger partial charge in [-0.3, -0.25) is 9.59 Å². The lowest BCUT2D eigenvalue weighted by atomic mass is 9.93. The van der Waals surface area contributed by atoms with E-state index in [1.54, 1.807) is 51.5 Å². The minimum absolute atomic E-state index is 0.0736. The van der Waals surface area contributed by atoms with Crippen molar-refractivity contribution in [1.82, 2.24) is 19.4 Å². The number of rotatable bonds is 10. The second-order valence-corrected chi connectivity index (χ2v) is 9.11. The van der Waals surface area contributed by atoms with E-state index in [1.165, 1.54) is 19.1 Å². The van der Waals surface area contributed by atoms with Gasteiger partial charge in [0.1, 0.15) is 11.5 Å². The smallest absolute Gasteiger partial charge is 0.355 e. The Hall–Kier alpha value is -4.54. The van der Waals surface area contributed by atoms with E-state index in [1.807, 2.05) is 10.8 Å². The summed E-state index contributed by atoms with van der Waals surface area (Å²) in [6, 6.07) is 4.21. The average molecular weight is 537 g/mol. The zero-order chi connectivity index (χ0) is 28.3. The molecule has 11 nitrogen and oxygen atoms in total. The van der Waals surface area contributed by atoms with E-state index in [2.05, 4.69) is 9.97 Å². The highest BCUT2D eigenvalue weighted by Gasteiger charge is 2.46. The van der Waals surface area contributed by atoms with Crippen LogP contribution in [-0.4, -0.2) is 69.6 Å². The molecule has 0 bridgehead atoms. The number of aromatic amines is 1. The summed E-state index contributed by atoms with van der Waals surface area (Å²) >= 11 is 0. The van der Waals surface area contributed by atoms with Gasteiger partial charge in [-0.1, -0.05) is 6.07 Å². The van der Waals surface area contributed by atoms with E-state index < -0.39 is 23.7 Å². The van der Waals surface area contributed by atoms with E-state index in [0.29, 0.717) is 41.3 Å². The van der Waals surface area contributed by atoms with Gasteiger partial charge in [0, 0.05) is 36.7 Å². The molecule has 1 aliphatic heterocycles. The first-order valence-electron chi connectivity index (χ1n) is 12.6. The SMILES string of the molecule is CCOC(=O)c1[nH]c(C)c(C(O)=C2C(=O)C(=O)N(CCCn3ccnc3)[C@H]2c2ccc(OC)c(OC)c2)c1C. The van der Waals surface area contributed by atoms with Crippen LogP contribution in [-0.2, 0) is 20.9 Å². The molecular formula is C28H32N4O7. The van der Waals surface area contributed by atoms with Crippen molar-refractivity contribution in [1.29, 1.82) is 0 Å². The summed E-state index contributed by atoms with van der Waals surface area (Å²) in [4.78, 5) is 47.7. The molecule has 3 heterocycles. The number of imidazole rings is 1. The maximum absolute atomic E-state index is 13.5. The summed E-state index contributed by atoms with van der Waals surface area (Å²) in [5, 5.41) is 11.6. The molecular weight excluding hydrogens is 504 g/mol. The third-order valence-electron chi connectivity index (χ3n) is 6.79. The minimum atomic E-state index is -0.896. The number of nitrogens with one attached hydrogen (secondary N) is 1. The number of H-pyrrole nitrogens is 1. The molecule has 1 fully saturated rings. The molecule has 0 radical (unpaired) electrons. The zero-order valence-electron chi connectivity index (χ0n) is 22.6. The molecule has 0 unspecified atom stereocenters. The molecule has 1 aromatic carbocycles. The number of likely N-dealkylation sites (tertiary alicyclic amines) is 1. The van der Waals surface area contributed by atoms with E-state index in [9.17, 15) is 19.5 Å². The quantitative estimate of drug-likeness (QED) is 0.174. The maximum atomic E-state index is 13.5. The van der Waals surface area contributed by atoms with Crippen molar-refractivity contribution in [3.8, 4) is 11.5 Å². The summed E-state index contributed by atoms with van der Waals surface area (Å²) in [7, 11) is 3.01. The Morgan fingerprint density at radius 1 is 1.13 bits per heavy atom. The van der Waals surface area contributed by atoms with Crippen LogP contribution in [0, 0.1) is 13.8 Å². The number of methoxy groups -OCH3 is 2. The predicted octanol–water partition coefficient (Wildman–Crippen LogP) is 3.53. The van der Waals surface area contributed by atoms with Gasteiger partial charge in [0.25, 0.3) is 11.7 Å². The number of hydrogen-bond acceptors (Lipinski definition) is 8. The van der Waals surface area contributed by atoms with Gasteiger partial charge in [0.05, 0.1) is 38.8 Å². The molecule has 4 rings (SSSR count). The maximum Gasteiger partial charge on any atom is 0.355 e. The number of hydrogen-bond donors (Lipinski definition) is 2. The molecule has 0 spiro atoms. The Morgan fingerprint density at radius 2 is 1.87 bits per heavy atom. The molecule has 2 aromatic heterocycles. The Labute approximate surface area is 226 Å². The lowest BCUT2D eigenvalue weighted by Gasteiger charge is -2.26. The lowest BCUT2D eigenvalue weighted by molar-refractivity contribution is -0.139. The number of esters is 1. The average Bonchev–Trinajstić information content (AvgIpc) is 3.61. The number of aromatic nitrogens is 3. The third-order valence-corrected chi connectivity index (χ3v) is 6.79. The molecule has 1 saturated heterocycles. The highest BCUT2D eigenvalue weighted by atomic mass is 16.5. The number of aliphatic hydroxyl groups excluding tert-OH is 1. The molecule has 1 amide bonds. The molecule has 206 valence electrons. The largest absolute Gasteiger partial charge is 0.507 e. The number of amides is 1. The van der Waals surface area contributed by atoms with Crippen molar-refractivity contribution in [2.24, 2.45) is 0 Å². The van der Waals surface area contributed by atoms with E-state index in [4.69, 9.17) is 14.2 Å². The van der Waals surface area contributed by atoms with Gasteiger partial charge in [-0.05, 0) is 50.5 Å². The summed E-state index contributed by atoms with van der Waals surface area (Å²) in [6.07, 6.45) is 5.71. The monoisotopic (exact) mass is 536 g/mol. The standard InChI is InChI=1S/C28H32N4O7/c1-6-39-28(36)23-16(2)21(17(3)30-23)25(33)22-24(18-8-9-19(37-4)20(14-18)38-5)32(27(35)26(22)34)12-7-11-31-13-10-29-15-31/h8-10,13-15,24,30,33H,6-7,11-12H2,1-5H3/t24-/m0/s1. The summed E-state index contributed by atoms with van der Waals surface area (Å²) < 4.78 is 17.8. The van der Waals surface area contributed by atoms with Crippen LogP contribution in [0.3, 0.4) is 0 Å². The first-order chi connectivity index (χ1) is 18.7. The van der Waals surface area contributed by atoms with Crippen LogP contribution in [0.1, 0.15) is 52.3 Å². The Kier molecular flexibility index (Phi) is 8.08. The fourth-order valence-corrected chi connectivity index (χ4v) is 4.97. The number of aryl methyl sites for hydroxylation is 2. The van der Waals surface area contributed by atoms with Crippen molar-refractivity contribution in [2.75, 3.05) is 27.4 Å². The minimum Gasteiger partial charge on any atom is -0.507 e. The fraction of sp³-hybridized carbons (Fsp3) is 0.357.